The van der Waals surface area contributed by atoms with Crippen molar-refractivity contribution in [1.82, 2.24) is 0 Å². The van der Waals surface area contributed by atoms with Crippen molar-refractivity contribution in [3.05, 3.63) is 48.2 Å². The van der Waals surface area contributed by atoms with Crippen LogP contribution in [0.5, 0.6) is 5.75 Å². The van der Waals surface area contributed by atoms with Gasteiger partial charge in [-0.15, -0.1) is 0 Å². The molecule has 0 atom stereocenters. The number of aromatic nitrogens is 1. The molecule has 1 N–H and O–H groups in total. The van der Waals surface area contributed by atoms with Crippen LogP contribution in [0.3, 0.4) is 0 Å². The fraction of sp³-hybridized carbons (Fsp3) is 0.214. The van der Waals surface area contributed by atoms with E-state index in [-0.39, 0.29) is 5.75 Å². The fourth-order valence-electron chi connectivity index (χ4n) is 2.05. The van der Waals surface area contributed by atoms with E-state index in [1.807, 2.05) is 55.1 Å². The lowest BCUT2D eigenvalue weighted by Crippen LogP contribution is -2.53. The molecule has 1 aromatic heterocycles. The molecule has 6 nitrogen and oxygen atoms in total. The first-order valence-corrected chi connectivity index (χ1v) is 7.60. The van der Waals surface area contributed by atoms with Crippen LogP contribution in [0.25, 0.3) is 11.3 Å². The van der Waals surface area contributed by atoms with Gasteiger partial charge in [0.25, 0.3) is 0 Å². The predicted octanol–water partition coefficient (Wildman–Crippen LogP) is 1.33. The zero-order valence-electron chi connectivity index (χ0n) is 12.0. The smallest absolute Gasteiger partial charge is 0.362 e. The summed E-state index contributed by atoms with van der Waals surface area (Å²) in [6, 6.07) is 10.5. The molecule has 0 saturated carbocycles. The summed E-state index contributed by atoms with van der Waals surface area (Å²) in [5.74, 6) is 0.0623. The number of pyridine rings is 1. The van der Waals surface area contributed by atoms with Crippen molar-refractivity contribution in [2.75, 3.05) is 19.1 Å². The Kier molecular flexibility index (Phi) is 4.15. The zero-order chi connectivity index (χ0) is 15.6. The predicted molar refractivity (Wildman–Crippen MR) is 79.1 cm³/mol. The average molecular weight is 309 g/mol. The average Bonchev–Trinajstić information content (AvgIpc) is 2.39. The maximum absolute atomic E-state index is 10.8. The number of benzene rings is 1. The summed E-state index contributed by atoms with van der Waals surface area (Å²) in [6.45, 7) is 1.92. The molecule has 0 fully saturated rings. The van der Waals surface area contributed by atoms with Crippen LogP contribution in [-0.2, 0) is 10.4 Å². The monoisotopic (exact) mass is 309 g/mol. The summed E-state index contributed by atoms with van der Waals surface area (Å²) in [6.07, 6.45) is 1.89. The van der Waals surface area contributed by atoms with Crippen molar-refractivity contribution in [2.24, 2.45) is 0 Å². The van der Waals surface area contributed by atoms with Gasteiger partial charge in [0.15, 0.2) is 6.20 Å². The minimum absolute atomic E-state index is 0.0623. The SMILES string of the molecule is Cc1ccc(OS(=O)(=O)O)cc1-c1cccc[n+]1N(C)C. The highest BCUT2D eigenvalue weighted by Gasteiger charge is 2.18. The summed E-state index contributed by atoms with van der Waals surface area (Å²) in [7, 11) is -0.732. The van der Waals surface area contributed by atoms with Gasteiger partial charge in [-0.05, 0) is 30.7 Å². The second-order valence-electron chi connectivity index (χ2n) is 4.77. The molecule has 112 valence electrons. The molecule has 2 rings (SSSR count). The van der Waals surface area contributed by atoms with Crippen LogP contribution in [0.4, 0.5) is 0 Å². The molecule has 0 aliphatic carbocycles. The van der Waals surface area contributed by atoms with E-state index in [9.17, 15) is 8.42 Å². The maximum Gasteiger partial charge on any atom is 0.446 e. The van der Waals surface area contributed by atoms with Crippen molar-refractivity contribution in [2.45, 2.75) is 6.92 Å². The Morgan fingerprint density at radius 1 is 1.19 bits per heavy atom. The van der Waals surface area contributed by atoms with Crippen LogP contribution in [0, 0.1) is 6.92 Å². The van der Waals surface area contributed by atoms with Gasteiger partial charge in [-0.3, -0.25) is 4.55 Å². The first-order valence-electron chi connectivity index (χ1n) is 6.24. The first-order chi connectivity index (χ1) is 9.78. The lowest BCUT2D eigenvalue weighted by molar-refractivity contribution is -0.676. The van der Waals surface area contributed by atoms with Crippen LogP contribution in [0.15, 0.2) is 42.6 Å². The zero-order valence-corrected chi connectivity index (χ0v) is 12.8. The molecule has 0 unspecified atom stereocenters. The van der Waals surface area contributed by atoms with Crippen LogP contribution in [0.2, 0.25) is 0 Å². The molecule has 21 heavy (non-hydrogen) atoms. The van der Waals surface area contributed by atoms with Gasteiger partial charge < -0.3 is 4.18 Å². The van der Waals surface area contributed by atoms with E-state index in [4.69, 9.17) is 4.55 Å². The van der Waals surface area contributed by atoms with Crippen LogP contribution in [0.1, 0.15) is 5.56 Å². The highest BCUT2D eigenvalue weighted by molar-refractivity contribution is 7.81. The molecule has 0 aliphatic heterocycles. The normalized spacial score (nSPS) is 11.2. The van der Waals surface area contributed by atoms with Gasteiger partial charge in [0, 0.05) is 12.1 Å². The topological polar surface area (TPSA) is 70.7 Å². The van der Waals surface area contributed by atoms with Gasteiger partial charge in [0.05, 0.1) is 19.7 Å². The van der Waals surface area contributed by atoms with E-state index in [0.717, 1.165) is 16.8 Å². The lowest BCUT2D eigenvalue weighted by atomic mass is 10.0. The lowest BCUT2D eigenvalue weighted by Gasteiger charge is -2.12. The number of hydrogen-bond donors (Lipinski definition) is 1. The quantitative estimate of drug-likeness (QED) is 0.681. The molecule has 2 aromatic rings. The number of hydrogen-bond acceptors (Lipinski definition) is 4. The third-order valence-corrected chi connectivity index (χ3v) is 3.36. The fourth-order valence-corrected chi connectivity index (χ4v) is 2.39. The van der Waals surface area contributed by atoms with Gasteiger partial charge in [-0.25, -0.2) is 0 Å². The molecule has 0 amide bonds. The number of nitrogens with zero attached hydrogens (tertiary/aromatic N) is 2. The van der Waals surface area contributed by atoms with Gasteiger partial charge in [0.1, 0.15) is 5.75 Å². The molecule has 0 radical (unpaired) electrons. The summed E-state index contributed by atoms with van der Waals surface area (Å²) in [5.41, 5.74) is 2.64. The second kappa shape index (κ2) is 5.71. The summed E-state index contributed by atoms with van der Waals surface area (Å²) >= 11 is 0. The Morgan fingerprint density at radius 2 is 1.90 bits per heavy atom. The third kappa shape index (κ3) is 3.71. The molecule has 0 saturated heterocycles. The number of rotatable bonds is 4. The minimum atomic E-state index is -4.53. The largest absolute Gasteiger partial charge is 0.446 e. The molecule has 1 heterocycles. The van der Waals surface area contributed by atoms with Crippen molar-refractivity contribution in [3.63, 3.8) is 0 Å². The van der Waals surface area contributed by atoms with Gasteiger partial charge in [-0.1, -0.05) is 10.7 Å². The van der Waals surface area contributed by atoms with Crippen LogP contribution < -0.4 is 13.9 Å². The molecule has 0 aliphatic rings. The van der Waals surface area contributed by atoms with Crippen molar-refractivity contribution in [3.8, 4) is 17.0 Å². The Hall–Kier alpha value is -2.12. The standard InChI is InChI=1S/C14H16N2O4S/c1-11-7-8-12(20-21(17,18)19)10-13(11)14-6-4-5-9-16(14)15(2)3/h4-10H,1-3H3/p+1. The van der Waals surface area contributed by atoms with Crippen molar-refractivity contribution >= 4 is 10.4 Å². The molecular weight excluding hydrogens is 292 g/mol. The van der Waals surface area contributed by atoms with E-state index in [0.29, 0.717) is 0 Å². The summed E-state index contributed by atoms with van der Waals surface area (Å²) in [5, 5.41) is 1.89. The minimum Gasteiger partial charge on any atom is -0.362 e. The Balaban J connectivity index is 2.56. The molecule has 0 bridgehead atoms. The highest BCUT2D eigenvalue weighted by atomic mass is 32.3. The molecular formula is C14H17N2O4S+. The Morgan fingerprint density at radius 3 is 2.52 bits per heavy atom. The van der Waals surface area contributed by atoms with Crippen molar-refractivity contribution < 1.29 is 21.8 Å². The van der Waals surface area contributed by atoms with E-state index < -0.39 is 10.4 Å². The van der Waals surface area contributed by atoms with E-state index in [1.165, 1.54) is 6.07 Å². The molecule has 7 heteroatoms. The van der Waals surface area contributed by atoms with E-state index in [1.54, 1.807) is 12.1 Å². The highest BCUT2D eigenvalue weighted by Crippen LogP contribution is 2.26. The van der Waals surface area contributed by atoms with E-state index in [2.05, 4.69) is 4.18 Å². The molecule has 1 aromatic carbocycles. The van der Waals surface area contributed by atoms with E-state index >= 15 is 0 Å². The van der Waals surface area contributed by atoms with Crippen molar-refractivity contribution in [1.29, 1.82) is 0 Å². The first kappa shape index (κ1) is 15.3. The Labute approximate surface area is 124 Å². The maximum atomic E-state index is 10.8. The molecule has 0 spiro atoms. The second-order valence-corrected chi connectivity index (χ2v) is 5.79. The van der Waals surface area contributed by atoms with Crippen LogP contribution >= 0.6 is 0 Å². The summed E-state index contributed by atoms with van der Waals surface area (Å²) in [4.78, 5) is 0. The Bertz CT molecular complexity index is 757. The number of aryl methyl sites for hydroxylation is 1. The van der Waals surface area contributed by atoms with Gasteiger partial charge in [-0.2, -0.15) is 13.4 Å². The summed E-state index contributed by atoms with van der Waals surface area (Å²) < 4.78 is 36.9. The van der Waals surface area contributed by atoms with Gasteiger partial charge in [0.2, 0.25) is 5.69 Å². The third-order valence-electron chi connectivity index (χ3n) is 2.96. The van der Waals surface area contributed by atoms with Gasteiger partial charge >= 0.3 is 10.4 Å². The van der Waals surface area contributed by atoms with Crippen LogP contribution in [-0.4, -0.2) is 27.1 Å².